The molecular weight excluding hydrogens is 459 g/mol. The van der Waals surface area contributed by atoms with Crippen LogP contribution in [0.5, 0.6) is 0 Å². The molecule has 2 heterocycles. The quantitative estimate of drug-likeness (QED) is 0.233. The average Bonchev–Trinajstić information content (AvgIpc) is 3.31. The van der Waals surface area contributed by atoms with E-state index in [1.54, 1.807) is 0 Å². The molecule has 37 heavy (non-hydrogen) atoms. The van der Waals surface area contributed by atoms with E-state index in [9.17, 15) is 9.65 Å². The Morgan fingerprint density at radius 1 is 0.730 bits per heavy atom. The van der Waals surface area contributed by atoms with Crippen molar-refractivity contribution in [3.63, 3.8) is 0 Å². The highest BCUT2D eigenvalue weighted by Gasteiger charge is 2.21. The molecule has 3 nitrogen and oxygen atoms in total. The van der Waals surface area contributed by atoms with Crippen LogP contribution in [0.15, 0.2) is 102 Å². The summed E-state index contributed by atoms with van der Waals surface area (Å²) >= 11 is 0. The predicted octanol–water partition coefficient (Wildman–Crippen LogP) is 8.94. The predicted molar refractivity (Wildman–Crippen MR) is 147 cm³/mol. The fourth-order valence-corrected chi connectivity index (χ4v) is 5.42. The SMILES string of the molecule is Cc1ccc2c(c1)cc(-c1c(C#N)ccc3c1oc1c(-c4cc(F)ccn4)cccc13)c1ccccc12. The first-order valence-corrected chi connectivity index (χ1v) is 12.0. The summed E-state index contributed by atoms with van der Waals surface area (Å²) < 4.78 is 20.6. The van der Waals surface area contributed by atoms with Crippen molar-refractivity contribution in [1.82, 2.24) is 4.98 Å². The number of hydrogen-bond acceptors (Lipinski definition) is 3. The molecule has 2 aromatic heterocycles. The Bertz CT molecular complexity index is 2080. The van der Waals surface area contributed by atoms with Gasteiger partial charge in [0, 0.05) is 34.2 Å². The molecule has 0 aliphatic rings. The molecular formula is C33H19FN2O. The molecule has 0 saturated heterocycles. The molecule has 7 aromatic rings. The van der Waals surface area contributed by atoms with E-state index in [0.29, 0.717) is 28.0 Å². The summed E-state index contributed by atoms with van der Waals surface area (Å²) in [6.07, 6.45) is 1.45. The number of nitriles is 1. The lowest BCUT2D eigenvalue weighted by molar-refractivity contribution is 0.626. The molecule has 174 valence electrons. The first-order chi connectivity index (χ1) is 18.1. The number of fused-ring (bicyclic) bond motifs is 6. The lowest BCUT2D eigenvalue weighted by Gasteiger charge is -2.13. The standard InChI is InChI=1S/C33H19FN2O/c1-19-9-11-23-21(15-19)16-29(25-6-3-2-5-24(23)25)31-20(18-35)10-12-27-26-7-4-8-28(32(26)37-33(27)31)30-17-22(34)13-14-36-30/h2-17H,1H3. The van der Waals surface area contributed by atoms with Gasteiger partial charge in [0.2, 0.25) is 0 Å². The highest BCUT2D eigenvalue weighted by molar-refractivity contribution is 6.19. The van der Waals surface area contributed by atoms with E-state index in [-0.39, 0.29) is 5.82 Å². The first kappa shape index (κ1) is 21.3. The molecule has 7 rings (SSSR count). The number of aryl methyl sites for hydroxylation is 1. The van der Waals surface area contributed by atoms with E-state index in [0.717, 1.165) is 38.1 Å². The molecule has 0 spiro atoms. The molecule has 0 N–H and O–H groups in total. The molecule has 0 saturated carbocycles. The zero-order valence-electron chi connectivity index (χ0n) is 19.9. The number of halogens is 1. The monoisotopic (exact) mass is 478 g/mol. The minimum absolute atomic E-state index is 0.358. The summed E-state index contributed by atoms with van der Waals surface area (Å²) in [4.78, 5) is 4.38. The zero-order valence-corrected chi connectivity index (χ0v) is 19.9. The third-order valence-corrected chi connectivity index (χ3v) is 7.07. The number of benzene rings is 5. The van der Waals surface area contributed by atoms with Gasteiger partial charge in [0.25, 0.3) is 0 Å². The van der Waals surface area contributed by atoms with Crippen molar-refractivity contribution in [2.75, 3.05) is 0 Å². The lowest BCUT2D eigenvalue weighted by Crippen LogP contribution is -1.89. The van der Waals surface area contributed by atoms with Gasteiger partial charge in [-0.05, 0) is 64.4 Å². The van der Waals surface area contributed by atoms with Crippen LogP contribution in [0.25, 0.3) is 65.9 Å². The van der Waals surface area contributed by atoms with Crippen molar-refractivity contribution in [2.45, 2.75) is 6.92 Å². The fraction of sp³-hybridized carbons (Fsp3) is 0.0303. The maximum atomic E-state index is 14.0. The third kappa shape index (κ3) is 3.22. The lowest BCUT2D eigenvalue weighted by atomic mass is 9.89. The Hall–Kier alpha value is -5.01. The van der Waals surface area contributed by atoms with Crippen LogP contribution < -0.4 is 0 Å². The van der Waals surface area contributed by atoms with Gasteiger partial charge < -0.3 is 4.42 Å². The van der Waals surface area contributed by atoms with E-state index in [1.807, 2.05) is 42.5 Å². The second kappa shape index (κ2) is 8.01. The van der Waals surface area contributed by atoms with Gasteiger partial charge in [-0.25, -0.2) is 4.39 Å². The van der Waals surface area contributed by atoms with Gasteiger partial charge in [0.15, 0.2) is 0 Å². The molecule has 0 bridgehead atoms. The second-order valence-electron chi connectivity index (χ2n) is 9.31. The Kier molecular flexibility index (Phi) is 4.61. The highest BCUT2D eigenvalue weighted by atomic mass is 19.1. The van der Waals surface area contributed by atoms with E-state index in [4.69, 9.17) is 4.42 Å². The van der Waals surface area contributed by atoms with E-state index < -0.39 is 0 Å². The molecule has 0 fully saturated rings. The number of furan rings is 1. The fourth-order valence-electron chi connectivity index (χ4n) is 5.42. The van der Waals surface area contributed by atoms with Crippen molar-refractivity contribution in [3.05, 3.63) is 114 Å². The molecule has 0 unspecified atom stereocenters. The van der Waals surface area contributed by atoms with Gasteiger partial charge in [0.1, 0.15) is 17.0 Å². The summed E-state index contributed by atoms with van der Waals surface area (Å²) in [6, 6.07) is 31.6. The topological polar surface area (TPSA) is 49.8 Å². The van der Waals surface area contributed by atoms with Crippen LogP contribution in [0.2, 0.25) is 0 Å². The maximum Gasteiger partial charge on any atom is 0.144 e. The smallest absolute Gasteiger partial charge is 0.144 e. The number of pyridine rings is 1. The normalized spacial score (nSPS) is 11.5. The Morgan fingerprint density at radius 2 is 1.51 bits per heavy atom. The minimum Gasteiger partial charge on any atom is -0.455 e. The third-order valence-electron chi connectivity index (χ3n) is 7.07. The van der Waals surface area contributed by atoms with Crippen LogP contribution in [-0.4, -0.2) is 4.98 Å². The average molecular weight is 479 g/mol. The highest BCUT2D eigenvalue weighted by Crippen LogP contribution is 2.44. The number of aromatic nitrogens is 1. The van der Waals surface area contributed by atoms with Gasteiger partial charge in [-0.3, -0.25) is 4.98 Å². The molecule has 0 radical (unpaired) electrons. The molecule has 0 aliphatic heterocycles. The number of hydrogen-bond donors (Lipinski definition) is 0. The van der Waals surface area contributed by atoms with Crippen molar-refractivity contribution in [1.29, 1.82) is 5.26 Å². The Morgan fingerprint density at radius 3 is 2.35 bits per heavy atom. The molecule has 0 amide bonds. The van der Waals surface area contributed by atoms with Crippen LogP contribution >= 0.6 is 0 Å². The van der Waals surface area contributed by atoms with Gasteiger partial charge in [-0.2, -0.15) is 5.26 Å². The number of para-hydroxylation sites is 1. The van der Waals surface area contributed by atoms with Gasteiger partial charge >= 0.3 is 0 Å². The van der Waals surface area contributed by atoms with Gasteiger partial charge in [0.05, 0.1) is 17.3 Å². The summed E-state index contributed by atoms with van der Waals surface area (Å²) in [6.45, 7) is 2.08. The number of rotatable bonds is 2. The Labute approximate surface area is 212 Å². The van der Waals surface area contributed by atoms with E-state index >= 15 is 0 Å². The summed E-state index contributed by atoms with van der Waals surface area (Å²) in [7, 11) is 0. The molecule has 0 aliphatic carbocycles. The van der Waals surface area contributed by atoms with E-state index in [1.165, 1.54) is 29.3 Å². The van der Waals surface area contributed by atoms with Crippen LogP contribution in [0.4, 0.5) is 4.39 Å². The summed E-state index contributed by atoms with van der Waals surface area (Å²) in [5, 5.41) is 16.4. The molecule has 4 heteroatoms. The van der Waals surface area contributed by atoms with Crippen molar-refractivity contribution in [3.8, 4) is 28.5 Å². The molecule has 5 aromatic carbocycles. The van der Waals surface area contributed by atoms with Crippen molar-refractivity contribution >= 4 is 43.5 Å². The van der Waals surface area contributed by atoms with Crippen LogP contribution in [0.1, 0.15) is 11.1 Å². The zero-order chi connectivity index (χ0) is 25.1. The summed E-state index contributed by atoms with van der Waals surface area (Å²) in [5.74, 6) is -0.358. The van der Waals surface area contributed by atoms with Gasteiger partial charge in [-0.15, -0.1) is 0 Å². The largest absolute Gasteiger partial charge is 0.455 e. The summed E-state index contributed by atoms with van der Waals surface area (Å²) in [5.41, 5.74) is 5.87. The van der Waals surface area contributed by atoms with Crippen molar-refractivity contribution < 1.29 is 8.81 Å². The van der Waals surface area contributed by atoms with Crippen LogP contribution in [0, 0.1) is 24.1 Å². The minimum atomic E-state index is -0.358. The Balaban J connectivity index is 1.63. The number of nitrogens with zero attached hydrogens (tertiary/aromatic N) is 2. The first-order valence-electron chi connectivity index (χ1n) is 12.0. The maximum absolute atomic E-state index is 14.0. The van der Waals surface area contributed by atoms with Crippen LogP contribution in [-0.2, 0) is 0 Å². The second-order valence-corrected chi connectivity index (χ2v) is 9.31. The van der Waals surface area contributed by atoms with Crippen LogP contribution in [0.3, 0.4) is 0 Å². The molecule has 0 atom stereocenters. The van der Waals surface area contributed by atoms with Gasteiger partial charge in [-0.1, -0.05) is 60.2 Å². The van der Waals surface area contributed by atoms with E-state index in [2.05, 4.69) is 54.4 Å². The van der Waals surface area contributed by atoms with Crippen molar-refractivity contribution in [2.24, 2.45) is 0 Å².